The number of halogens is 1. The highest BCUT2D eigenvalue weighted by Crippen LogP contribution is 2.32. The molecule has 1 unspecified atom stereocenters. The van der Waals surface area contributed by atoms with Gasteiger partial charge in [-0.3, -0.25) is 0 Å². The minimum atomic E-state index is 0.330. The predicted molar refractivity (Wildman–Crippen MR) is 117 cm³/mol. The summed E-state index contributed by atoms with van der Waals surface area (Å²) in [6, 6.07) is 15.8. The van der Waals surface area contributed by atoms with Crippen LogP contribution in [0.4, 0.5) is 0 Å². The zero-order valence-corrected chi connectivity index (χ0v) is 17.8. The van der Waals surface area contributed by atoms with Gasteiger partial charge in [-0.05, 0) is 48.7 Å². The molecule has 1 aromatic heterocycles. The van der Waals surface area contributed by atoms with Crippen molar-refractivity contribution >= 4 is 11.6 Å². The molecular weight excluding hydrogens is 402 g/mol. The second kappa shape index (κ2) is 9.92. The Kier molecular flexibility index (Phi) is 6.82. The van der Waals surface area contributed by atoms with E-state index in [9.17, 15) is 0 Å². The van der Waals surface area contributed by atoms with Crippen molar-refractivity contribution in [3.05, 3.63) is 76.7 Å². The average molecular weight is 428 g/mol. The maximum atomic E-state index is 6.10. The number of furan rings is 1. The van der Waals surface area contributed by atoms with Crippen LogP contribution >= 0.6 is 11.6 Å². The van der Waals surface area contributed by atoms with Crippen molar-refractivity contribution in [2.45, 2.75) is 31.8 Å². The molecule has 0 saturated carbocycles. The van der Waals surface area contributed by atoms with Gasteiger partial charge >= 0.3 is 0 Å². The number of hydrogen-bond acceptors (Lipinski definition) is 5. The lowest BCUT2D eigenvalue weighted by molar-refractivity contribution is 0.211. The smallest absolute Gasteiger partial charge is 0.161 e. The van der Waals surface area contributed by atoms with E-state index in [4.69, 9.17) is 30.2 Å². The second-order valence-electron chi connectivity index (χ2n) is 7.24. The highest BCUT2D eigenvalue weighted by atomic mass is 35.5. The molecule has 30 heavy (non-hydrogen) atoms. The van der Waals surface area contributed by atoms with Gasteiger partial charge in [-0.2, -0.15) is 0 Å². The first-order chi connectivity index (χ1) is 14.7. The summed E-state index contributed by atoms with van der Waals surface area (Å²) in [6.07, 6.45) is 5.08. The maximum Gasteiger partial charge on any atom is 0.161 e. The van der Waals surface area contributed by atoms with Crippen LogP contribution in [0.2, 0.25) is 5.02 Å². The Labute approximate surface area is 181 Å². The molecule has 1 aliphatic carbocycles. The van der Waals surface area contributed by atoms with E-state index in [1.165, 1.54) is 5.56 Å². The Morgan fingerprint density at radius 3 is 2.70 bits per heavy atom. The van der Waals surface area contributed by atoms with Crippen molar-refractivity contribution in [2.24, 2.45) is 0 Å². The summed E-state index contributed by atoms with van der Waals surface area (Å²) in [7, 11) is 1.65. The van der Waals surface area contributed by atoms with Crippen LogP contribution in [0.3, 0.4) is 0 Å². The van der Waals surface area contributed by atoms with Gasteiger partial charge in [0, 0.05) is 24.6 Å². The largest absolute Gasteiger partial charge is 0.493 e. The van der Waals surface area contributed by atoms with Gasteiger partial charge in [-0.15, -0.1) is 0 Å². The number of para-hydroxylation sites is 1. The van der Waals surface area contributed by atoms with Gasteiger partial charge in [0.05, 0.1) is 18.4 Å². The highest BCUT2D eigenvalue weighted by molar-refractivity contribution is 6.32. The first kappa shape index (κ1) is 20.6. The first-order valence-corrected chi connectivity index (χ1v) is 10.6. The van der Waals surface area contributed by atoms with Crippen LogP contribution in [0, 0.1) is 0 Å². The zero-order valence-electron chi connectivity index (χ0n) is 17.0. The van der Waals surface area contributed by atoms with Crippen LogP contribution in [-0.2, 0) is 13.0 Å². The number of benzene rings is 2. The van der Waals surface area contributed by atoms with Crippen LogP contribution in [0.1, 0.15) is 35.8 Å². The van der Waals surface area contributed by atoms with E-state index in [1.807, 2.05) is 30.3 Å². The number of rotatable bonds is 9. The lowest BCUT2D eigenvalue weighted by atomic mass is 9.93. The fourth-order valence-corrected chi connectivity index (χ4v) is 3.94. The van der Waals surface area contributed by atoms with Gasteiger partial charge in [0.15, 0.2) is 11.5 Å². The molecule has 5 nitrogen and oxygen atoms in total. The number of hydrogen-bond donors (Lipinski definition) is 1. The van der Waals surface area contributed by atoms with Crippen molar-refractivity contribution in [1.82, 2.24) is 5.32 Å². The van der Waals surface area contributed by atoms with E-state index in [0.717, 1.165) is 37.1 Å². The first-order valence-electron chi connectivity index (χ1n) is 10.2. The summed E-state index contributed by atoms with van der Waals surface area (Å²) in [4.78, 5) is 0. The summed E-state index contributed by atoms with van der Waals surface area (Å²) in [5.74, 6) is 3.16. The third-order valence-electron chi connectivity index (χ3n) is 5.27. The molecule has 1 atom stereocenters. The molecule has 0 bridgehead atoms. The van der Waals surface area contributed by atoms with Gasteiger partial charge in [0.1, 0.15) is 24.7 Å². The third kappa shape index (κ3) is 4.91. The zero-order chi connectivity index (χ0) is 20.8. The molecule has 158 valence electrons. The molecule has 1 heterocycles. The van der Waals surface area contributed by atoms with Crippen molar-refractivity contribution in [3.8, 4) is 17.2 Å². The molecule has 6 heteroatoms. The van der Waals surface area contributed by atoms with Gasteiger partial charge < -0.3 is 23.9 Å². The van der Waals surface area contributed by atoms with Crippen LogP contribution in [0.5, 0.6) is 17.2 Å². The topological polar surface area (TPSA) is 52.9 Å². The molecule has 0 saturated heterocycles. The summed E-state index contributed by atoms with van der Waals surface area (Å²) in [5, 5.41) is 4.23. The quantitative estimate of drug-likeness (QED) is 0.452. The predicted octanol–water partition coefficient (Wildman–Crippen LogP) is 5.57. The van der Waals surface area contributed by atoms with Crippen LogP contribution in [0.15, 0.2) is 59.2 Å². The molecular formula is C24H26ClNO4. The highest BCUT2D eigenvalue weighted by Gasteiger charge is 2.22. The molecule has 0 fully saturated rings. The van der Waals surface area contributed by atoms with E-state index in [-0.39, 0.29) is 0 Å². The van der Waals surface area contributed by atoms with Crippen LogP contribution in [0.25, 0.3) is 0 Å². The van der Waals surface area contributed by atoms with E-state index in [1.54, 1.807) is 19.4 Å². The number of ether oxygens (including phenoxy) is 3. The summed E-state index contributed by atoms with van der Waals surface area (Å²) in [6.45, 7) is 1.54. The number of methoxy groups -OCH3 is 1. The Hall–Kier alpha value is -2.63. The lowest BCUT2D eigenvalue weighted by Gasteiger charge is -2.23. The second-order valence-corrected chi connectivity index (χ2v) is 7.64. The maximum absolute atomic E-state index is 6.10. The van der Waals surface area contributed by atoms with Gasteiger partial charge in [0.2, 0.25) is 0 Å². The van der Waals surface area contributed by atoms with Crippen molar-refractivity contribution in [3.63, 3.8) is 0 Å². The van der Waals surface area contributed by atoms with Crippen LogP contribution in [-0.4, -0.2) is 20.3 Å². The fraction of sp³-hybridized carbons (Fsp3) is 0.333. The van der Waals surface area contributed by atoms with Crippen molar-refractivity contribution < 1.29 is 18.6 Å². The molecule has 3 aromatic rings. The number of aryl methyl sites for hydroxylation is 1. The van der Waals surface area contributed by atoms with E-state index < -0.39 is 0 Å². The Morgan fingerprint density at radius 2 is 1.87 bits per heavy atom. The van der Waals surface area contributed by atoms with Crippen molar-refractivity contribution in [2.75, 3.05) is 20.3 Å². The lowest BCUT2D eigenvalue weighted by Crippen LogP contribution is -2.24. The summed E-state index contributed by atoms with van der Waals surface area (Å²) in [5.41, 5.74) is 2.42. The molecule has 1 aliphatic rings. The number of fused-ring (bicyclic) bond motifs is 1. The van der Waals surface area contributed by atoms with Gasteiger partial charge in [0.25, 0.3) is 0 Å². The van der Waals surface area contributed by atoms with Crippen LogP contribution < -0.4 is 19.5 Å². The Balaban J connectivity index is 1.30. The number of nitrogens with one attached hydrogen (secondary N) is 1. The minimum absolute atomic E-state index is 0.330. The minimum Gasteiger partial charge on any atom is -0.493 e. The van der Waals surface area contributed by atoms with E-state index in [2.05, 4.69) is 17.4 Å². The molecule has 1 N–H and O–H groups in total. The molecule has 4 rings (SSSR count). The SMILES string of the molecule is COc1cc(CNC2CCCc3occc32)ccc1OCCOc1ccccc1Cl. The molecule has 2 aromatic carbocycles. The summed E-state index contributed by atoms with van der Waals surface area (Å²) < 4.78 is 22.6. The normalized spacial score (nSPS) is 15.5. The molecule has 0 aliphatic heterocycles. The molecule has 0 radical (unpaired) electrons. The van der Waals surface area contributed by atoms with Gasteiger partial charge in [-0.1, -0.05) is 29.8 Å². The van der Waals surface area contributed by atoms with Gasteiger partial charge in [-0.25, -0.2) is 0 Å². The molecule has 0 amide bonds. The van der Waals surface area contributed by atoms with Crippen molar-refractivity contribution in [1.29, 1.82) is 0 Å². The fourth-order valence-electron chi connectivity index (χ4n) is 3.75. The average Bonchev–Trinajstić information content (AvgIpc) is 3.26. The Morgan fingerprint density at radius 1 is 1.03 bits per heavy atom. The molecule has 0 spiro atoms. The monoisotopic (exact) mass is 427 g/mol. The van der Waals surface area contributed by atoms with E-state index >= 15 is 0 Å². The summed E-state index contributed by atoms with van der Waals surface area (Å²) >= 11 is 6.10. The standard InChI is InChI=1S/C24H26ClNO4/c1-27-24-15-17(16-26-20-6-4-8-21-18(20)11-12-28-21)9-10-23(24)30-14-13-29-22-7-3-2-5-19(22)25/h2-3,5,7,9-12,15,20,26H,4,6,8,13-14,16H2,1H3. The Bertz CT molecular complexity index is 971. The van der Waals surface area contributed by atoms with E-state index in [0.29, 0.717) is 41.5 Å². The third-order valence-corrected chi connectivity index (χ3v) is 5.58.